The Kier molecular flexibility index (Phi) is 3.86. The van der Waals surface area contributed by atoms with Gasteiger partial charge in [0, 0.05) is 8.96 Å². The Morgan fingerprint density at radius 2 is 1.48 bits per heavy atom. The van der Waals surface area contributed by atoms with E-state index in [4.69, 9.17) is 4.18 Å². The molecule has 3 nitrogen and oxygen atoms in total. The minimum atomic E-state index is -3.82. The molecule has 0 aliphatic heterocycles. The van der Waals surface area contributed by atoms with Crippen molar-refractivity contribution >= 4 is 43.5 Å². The van der Waals surface area contributed by atoms with E-state index in [1.165, 1.54) is 0 Å². The molecule has 3 aromatic carbocycles. The Labute approximate surface area is 136 Å². The van der Waals surface area contributed by atoms with Gasteiger partial charge >= 0.3 is 10.1 Å². The largest absolute Gasteiger partial charge is 0.378 e. The first-order valence-electron chi connectivity index (χ1n) is 6.24. The maximum absolute atomic E-state index is 12.3. The van der Waals surface area contributed by atoms with E-state index in [2.05, 4.69) is 22.6 Å². The molecule has 0 aliphatic rings. The van der Waals surface area contributed by atoms with Gasteiger partial charge in [-0.1, -0.05) is 36.4 Å². The van der Waals surface area contributed by atoms with Crippen molar-refractivity contribution in [2.24, 2.45) is 0 Å². The quantitative estimate of drug-likeness (QED) is 0.480. The van der Waals surface area contributed by atoms with Crippen molar-refractivity contribution in [1.82, 2.24) is 0 Å². The molecule has 0 spiro atoms. The van der Waals surface area contributed by atoms with Gasteiger partial charge in [0.25, 0.3) is 0 Å². The lowest BCUT2D eigenvalue weighted by Gasteiger charge is -2.09. The smallest absolute Gasteiger partial charge is 0.339 e. The van der Waals surface area contributed by atoms with Gasteiger partial charge in [-0.2, -0.15) is 8.42 Å². The third kappa shape index (κ3) is 3.03. The molecule has 0 fully saturated rings. The van der Waals surface area contributed by atoms with E-state index in [9.17, 15) is 8.42 Å². The molecule has 0 saturated carbocycles. The van der Waals surface area contributed by atoms with Crippen molar-refractivity contribution in [3.63, 3.8) is 0 Å². The molecule has 3 rings (SSSR count). The number of rotatable bonds is 3. The van der Waals surface area contributed by atoms with Crippen molar-refractivity contribution in [3.05, 3.63) is 70.3 Å². The van der Waals surface area contributed by atoms with Gasteiger partial charge in [0.05, 0.1) is 0 Å². The molecule has 0 saturated heterocycles. The summed E-state index contributed by atoms with van der Waals surface area (Å²) in [6.45, 7) is 0. The number of benzene rings is 3. The fourth-order valence-corrected chi connectivity index (χ4v) is 3.34. The lowest BCUT2D eigenvalue weighted by molar-refractivity contribution is 0.488. The van der Waals surface area contributed by atoms with Crippen LogP contribution in [0.1, 0.15) is 0 Å². The molecule has 0 radical (unpaired) electrons. The molecule has 5 heteroatoms. The monoisotopic (exact) mass is 410 g/mol. The summed E-state index contributed by atoms with van der Waals surface area (Å²) in [5.41, 5.74) is 0. The Morgan fingerprint density at radius 1 is 0.810 bits per heavy atom. The van der Waals surface area contributed by atoms with Crippen LogP contribution < -0.4 is 4.18 Å². The highest BCUT2D eigenvalue weighted by molar-refractivity contribution is 14.1. The summed E-state index contributed by atoms with van der Waals surface area (Å²) in [4.78, 5) is 0.149. The Morgan fingerprint density at radius 3 is 2.24 bits per heavy atom. The van der Waals surface area contributed by atoms with Crippen LogP contribution in [0, 0.1) is 3.57 Å². The van der Waals surface area contributed by atoms with Gasteiger partial charge in [0.15, 0.2) is 5.75 Å². The molecule has 0 aromatic heterocycles. The van der Waals surface area contributed by atoms with Crippen molar-refractivity contribution in [1.29, 1.82) is 0 Å². The van der Waals surface area contributed by atoms with Gasteiger partial charge < -0.3 is 4.18 Å². The van der Waals surface area contributed by atoms with Gasteiger partial charge in [-0.3, -0.25) is 0 Å². The van der Waals surface area contributed by atoms with Crippen LogP contribution in [-0.2, 0) is 10.1 Å². The summed E-state index contributed by atoms with van der Waals surface area (Å²) in [6.07, 6.45) is 0. The first kappa shape index (κ1) is 14.3. The minimum absolute atomic E-state index is 0.149. The summed E-state index contributed by atoms with van der Waals surface area (Å²) in [5, 5.41) is 1.71. The molecular weight excluding hydrogens is 399 g/mol. The molecule has 0 aliphatic carbocycles. The molecule has 21 heavy (non-hydrogen) atoms. The second kappa shape index (κ2) is 5.65. The number of halogens is 1. The van der Waals surface area contributed by atoms with Crippen molar-refractivity contribution in [3.8, 4) is 5.75 Å². The predicted molar refractivity (Wildman–Crippen MR) is 90.9 cm³/mol. The fraction of sp³-hybridized carbons (Fsp3) is 0. The van der Waals surface area contributed by atoms with Crippen LogP contribution in [0.4, 0.5) is 0 Å². The van der Waals surface area contributed by atoms with Crippen LogP contribution in [0.5, 0.6) is 5.75 Å². The summed E-state index contributed by atoms with van der Waals surface area (Å²) in [7, 11) is -3.82. The van der Waals surface area contributed by atoms with Gasteiger partial charge in [-0.15, -0.1) is 0 Å². The van der Waals surface area contributed by atoms with E-state index in [1.807, 2.05) is 30.3 Å². The first-order valence-corrected chi connectivity index (χ1v) is 8.73. The van der Waals surface area contributed by atoms with E-state index >= 15 is 0 Å². The fourth-order valence-electron chi connectivity index (χ4n) is 2.04. The lowest BCUT2D eigenvalue weighted by Crippen LogP contribution is -2.09. The number of hydrogen-bond acceptors (Lipinski definition) is 3. The Bertz CT molecular complexity index is 882. The summed E-state index contributed by atoms with van der Waals surface area (Å²) in [6, 6.07) is 19.4. The molecular formula is C16H11IO3S. The van der Waals surface area contributed by atoms with Crippen molar-refractivity contribution < 1.29 is 12.6 Å². The second-order valence-electron chi connectivity index (χ2n) is 4.47. The minimum Gasteiger partial charge on any atom is -0.378 e. The normalized spacial score (nSPS) is 11.5. The zero-order valence-electron chi connectivity index (χ0n) is 10.9. The molecule has 106 valence electrons. The van der Waals surface area contributed by atoms with E-state index in [-0.39, 0.29) is 4.90 Å². The van der Waals surface area contributed by atoms with E-state index in [0.717, 1.165) is 14.3 Å². The molecule has 3 aromatic rings. The van der Waals surface area contributed by atoms with Gasteiger partial charge in [0.2, 0.25) is 0 Å². The highest BCUT2D eigenvalue weighted by Crippen LogP contribution is 2.28. The van der Waals surface area contributed by atoms with Gasteiger partial charge in [0.1, 0.15) is 4.90 Å². The summed E-state index contributed by atoms with van der Waals surface area (Å²) >= 11 is 2.12. The summed E-state index contributed by atoms with van der Waals surface area (Å²) in [5.74, 6) is 0.339. The maximum Gasteiger partial charge on any atom is 0.339 e. The Balaban J connectivity index is 2.03. The maximum atomic E-state index is 12.3. The van der Waals surface area contributed by atoms with Crippen LogP contribution in [0.15, 0.2) is 71.6 Å². The molecule has 0 atom stereocenters. The SMILES string of the molecule is O=S(=O)(Oc1cccc2ccccc12)c1ccc(I)cc1. The van der Waals surface area contributed by atoms with Crippen LogP contribution in [-0.4, -0.2) is 8.42 Å². The highest BCUT2D eigenvalue weighted by Gasteiger charge is 2.17. The predicted octanol–water partition coefficient (Wildman–Crippen LogP) is 4.21. The average Bonchev–Trinajstić information content (AvgIpc) is 2.48. The van der Waals surface area contributed by atoms with Crippen LogP contribution >= 0.6 is 22.6 Å². The van der Waals surface area contributed by atoms with Crippen molar-refractivity contribution in [2.75, 3.05) is 0 Å². The van der Waals surface area contributed by atoms with Gasteiger partial charge in [-0.25, -0.2) is 0 Å². The average molecular weight is 410 g/mol. The molecule has 0 bridgehead atoms. The van der Waals surface area contributed by atoms with E-state index < -0.39 is 10.1 Å². The molecule has 0 N–H and O–H groups in total. The third-order valence-corrected chi connectivity index (χ3v) is 5.02. The first-order chi connectivity index (χ1) is 10.1. The lowest BCUT2D eigenvalue weighted by atomic mass is 10.1. The van der Waals surface area contributed by atoms with Crippen LogP contribution in [0.2, 0.25) is 0 Å². The Hall–Kier alpha value is -1.60. The van der Waals surface area contributed by atoms with Gasteiger partial charge in [-0.05, 0) is 58.3 Å². The number of hydrogen-bond donors (Lipinski definition) is 0. The van der Waals surface area contributed by atoms with E-state index in [0.29, 0.717) is 5.75 Å². The molecule has 0 unspecified atom stereocenters. The zero-order chi connectivity index (χ0) is 14.9. The standard InChI is InChI=1S/C16H11IO3S/c17-13-8-10-14(11-9-13)21(18,19)20-16-7-3-5-12-4-1-2-6-15(12)16/h1-11H. The zero-order valence-corrected chi connectivity index (χ0v) is 13.8. The number of fused-ring (bicyclic) bond motifs is 1. The topological polar surface area (TPSA) is 43.4 Å². The van der Waals surface area contributed by atoms with Crippen molar-refractivity contribution in [2.45, 2.75) is 4.90 Å². The van der Waals surface area contributed by atoms with Crippen LogP contribution in [0.3, 0.4) is 0 Å². The molecule has 0 heterocycles. The summed E-state index contributed by atoms with van der Waals surface area (Å²) < 4.78 is 30.9. The highest BCUT2D eigenvalue weighted by atomic mass is 127. The van der Waals surface area contributed by atoms with Crippen LogP contribution in [0.25, 0.3) is 10.8 Å². The third-order valence-electron chi connectivity index (χ3n) is 3.05. The molecule has 0 amide bonds. The van der Waals surface area contributed by atoms with E-state index in [1.54, 1.807) is 36.4 Å². The second-order valence-corrected chi connectivity index (χ2v) is 7.26.